The van der Waals surface area contributed by atoms with Crippen LogP contribution in [0, 0.1) is 11.3 Å². The van der Waals surface area contributed by atoms with Crippen LogP contribution in [0.3, 0.4) is 0 Å². The molecule has 0 bridgehead atoms. The van der Waals surface area contributed by atoms with Gasteiger partial charge >= 0.3 is 0 Å². The van der Waals surface area contributed by atoms with E-state index in [2.05, 4.69) is 0 Å². The van der Waals surface area contributed by atoms with Crippen molar-refractivity contribution in [1.82, 2.24) is 4.90 Å². The number of benzene rings is 1. The smallest absolute Gasteiger partial charge is 0.242 e. The summed E-state index contributed by atoms with van der Waals surface area (Å²) in [7, 11) is -8.01. The van der Waals surface area contributed by atoms with Crippen LogP contribution in [-0.2, 0) is 24.5 Å². The summed E-state index contributed by atoms with van der Waals surface area (Å²) in [5.41, 5.74) is 6.20. The minimum atomic E-state index is -4.19. The lowest BCUT2D eigenvalue weighted by atomic mass is 10.0. The zero-order chi connectivity index (χ0) is 23.4. The van der Waals surface area contributed by atoms with Crippen LogP contribution in [-0.4, -0.2) is 62.9 Å². The van der Waals surface area contributed by atoms with Crippen LogP contribution in [0.4, 0.5) is 4.39 Å². The molecule has 3 atom stereocenters. The second-order valence-electron chi connectivity index (χ2n) is 8.14. The molecule has 0 unspecified atom stereocenters. The number of amides is 1. The molecule has 0 radical (unpaired) electrons. The van der Waals surface area contributed by atoms with Gasteiger partial charge in [-0.1, -0.05) is 11.6 Å². The summed E-state index contributed by atoms with van der Waals surface area (Å²) in [4.78, 5) is 13.7. The number of sulfone groups is 2. The average Bonchev–Trinajstić information content (AvgIpc) is 3.16. The maximum Gasteiger partial charge on any atom is 0.242 e. The Hall–Kier alpha value is -1.71. The normalized spacial score (nSPS) is 23.0. The standard InChI is InChI=1S/C19H21ClFN3O5S2.ClH/c1-19(2,17(23)18(25)24-8-13(21)6-14(24)7-22)31(28,29)10-11-9-30(26,27)16-4-3-12(20)5-15(11)16;/h3-5,9,13-14,17H,6,8,10,23H2,1-2H3;1H/t13-,14-,17+;/m0./s1. The molecule has 0 saturated carbocycles. The first-order chi connectivity index (χ1) is 14.2. The number of alkyl halides is 1. The van der Waals surface area contributed by atoms with Gasteiger partial charge in [0.25, 0.3) is 0 Å². The maximum absolute atomic E-state index is 13.7. The monoisotopic (exact) mass is 525 g/mol. The lowest BCUT2D eigenvalue weighted by molar-refractivity contribution is -0.133. The number of carbonyl (C=O) groups is 1. The van der Waals surface area contributed by atoms with Crippen molar-refractivity contribution in [2.75, 3.05) is 12.3 Å². The van der Waals surface area contributed by atoms with Gasteiger partial charge in [0.2, 0.25) is 15.7 Å². The third-order valence-electron chi connectivity index (χ3n) is 5.74. The summed E-state index contributed by atoms with van der Waals surface area (Å²) in [5.74, 6) is -1.54. The van der Waals surface area contributed by atoms with Crippen LogP contribution in [0.1, 0.15) is 25.8 Å². The molecule has 13 heteroatoms. The van der Waals surface area contributed by atoms with E-state index in [4.69, 9.17) is 22.6 Å². The molecule has 1 fully saturated rings. The number of hydrogen-bond acceptors (Lipinski definition) is 7. The lowest BCUT2D eigenvalue weighted by Gasteiger charge is -2.33. The predicted molar refractivity (Wildman–Crippen MR) is 120 cm³/mol. The van der Waals surface area contributed by atoms with Gasteiger partial charge in [0, 0.05) is 16.9 Å². The zero-order valence-corrected chi connectivity index (χ0v) is 20.4. The van der Waals surface area contributed by atoms with E-state index in [1.54, 1.807) is 0 Å². The fourth-order valence-corrected chi connectivity index (χ4v) is 6.89. The number of halogens is 3. The first kappa shape index (κ1) is 26.5. The van der Waals surface area contributed by atoms with E-state index < -0.39 is 54.3 Å². The number of rotatable bonds is 5. The molecule has 2 aliphatic heterocycles. The van der Waals surface area contributed by atoms with E-state index in [0.717, 1.165) is 10.3 Å². The molecule has 2 N–H and O–H groups in total. The Kier molecular flexibility index (Phi) is 7.39. The number of hydrogen-bond donors (Lipinski definition) is 1. The van der Waals surface area contributed by atoms with Crippen LogP contribution in [0.25, 0.3) is 5.57 Å². The number of nitrogens with two attached hydrogens (primary N) is 1. The topological polar surface area (TPSA) is 138 Å². The quantitative estimate of drug-likeness (QED) is 0.618. The van der Waals surface area contributed by atoms with Gasteiger partial charge in [0.15, 0.2) is 9.84 Å². The van der Waals surface area contributed by atoms with Gasteiger partial charge in [-0.15, -0.1) is 12.4 Å². The summed E-state index contributed by atoms with van der Waals surface area (Å²) >= 11 is 5.95. The first-order valence-electron chi connectivity index (χ1n) is 9.29. The average molecular weight is 526 g/mol. The highest BCUT2D eigenvalue weighted by Crippen LogP contribution is 2.38. The Morgan fingerprint density at radius 2 is 2.06 bits per heavy atom. The van der Waals surface area contributed by atoms with Gasteiger partial charge in [0.05, 0.1) is 28.0 Å². The van der Waals surface area contributed by atoms with E-state index in [1.807, 2.05) is 6.07 Å². The molecular formula is C19H22Cl2FN3O5S2. The second-order valence-corrected chi connectivity index (χ2v) is 12.9. The Morgan fingerprint density at radius 3 is 2.66 bits per heavy atom. The molecule has 2 aliphatic rings. The van der Waals surface area contributed by atoms with Gasteiger partial charge in [-0.3, -0.25) is 4.79 Å². The van der Waals surface area contributed by atoms with Gasteiger partial charge in [-0.25, -0.2) is 21.2 Å². The number of carbonyl (C=O) groups excluding carboxylic acids is 1. The van der Waals surface area contributed by atoms with Crippen LogP contribution < -0.4 is 5.73 Å². The van der Waals surface area contributed by atoms with Crippen molar-refractivity contribution in [2.45, 2.75) is 48.2 Å². The summed E-state index contributed by atoms with van der Waals surface area (Å²) in [5, 5.41) is 10.3. The molecule has 32 heavy (non-hydrogen) atoms. The minimum absolute atomic E-state index is 0. The Balaban J connectivity index is 0.00000363. The second kappa shape index (κ2) is 8.91. The molecule has 1 aromatic carbocycles. The molecule has 3 rings (SSSR count). The van der Waals surface area contributed by atoms with Crippen molar-refractivity contribution in [1.29, 1.82) is 5.26 Å². The molecular weight excluding hydrogens is 504 g/mol. The van der Waals surface area contributed by atoms with Gasteiger partial charge in [-0.05, 0) is 43.2 Å². The van der Waals surface area contributed by atoms with Crippen molar-refractivity contribution < 1.29 is 26.0 Å². The first-order valence-corrected chi connectivity index (χ1v) is 12.9. The minimum Gasteiger partial charge on any atom is -0.322 e. The summed E-state index contributed by atoms with van der Waals surface area (Å²) in [6.07, 6.45) is -1.56. The largest absolute Gasteiger partial charge is 0.322 e. The van der Waals surface area contributed by atoms with E-state index >= 15 is 0 Å². The third kappa shape index (κ3) is 4.52. The van der Waals surface area contributed by atoms with E-state index in [1.165, 1.54) is 32.0 Å². The Morgan fingerprint density at radius 1 is 1.44 bits per heavy atom. The van der Waals surface area contributed by atoms with Crippen LogP contribution >= 0.6 is 24.0 Å². The van der Waals surface area contributed by atoms with Crippen molar-refractivity contribution in [3.63, 3.8) is 0 Å². The SMILES string of the molecule is CC(C)([C@H](N)C(=O)N1C[C@@H](F)C[C@H]1C#N)S(=O)(=O)CC1=CS(=O)(=O)c2ccc(Cl)cc21.Cl. The molecule has 1 aromatic rings. The van der Waals surface area contributed by atoms with Crippen molar-refractivity contribution in [2.24, 2.45) is 5.73 Å². The van der Waals surface area contributed by atoms with Gasteiger partial charge < -0.3 is 10.6 Å². The van der Waals surface area contributed by atoms with Crippen LogP contribution in [0.15, 0.2) is 28.5 Å². The molecule has 0 aliphatic carbocycles. The summed E-state index contributed by atoms with van der Waals surface area (Å²) < 4.78 is 63.1. The maximum atomic E-state index is 13.7. The predicted octanol–water partition coefficient (Wildman–Crippen LogP) is 1.87. The summed E-state index contributed by atoms with van der Waals surface area (Å²) in [6, 6.07) is 3.27. The number of fused-ring (bicyclic) bond motifs is 1. The third-order valence-corrected chi connectivity index (χ3v) is 10.1. The van der Waals surface area contributed by atoms with E-state index in [9.17, 15) is 26.0 Å². The molecule has 2 heterocycles. The lowest BCUT2D eigenvalue weighted by Crippen LogP contribution is -2.59. The van der Waals surface area contributed by atoms with E-state index in [0.29, 0.717) is 0 Å². The molecule has 8 nitrogen and oxygen atoms in total. The van der Waals surface area contributed by atoms with Crippen molar-refractivity contribution >= 4 is 55.2 Å². The van der Waals surface area contributed by atoms with Gasteiger partial charge in [0.1, 0.15) is 18.3 Å². The molecule has 1 saturated heterocycles. The van der Waals surface area contributed by atoms with Crippen molar-refractivity contribution in [3.05, 3.63) is 34.2 Å². The zero-order valence-electron chi connectivity index (χ0n) is 17.2. The molecule has 1 amide bonds. The van der Waals surface area contributed by atoms with Crippen LogP contribution in [0.5, 0.6) is 0 Å². The Bertz CT molecular complexity index is 1230. The Labute approximate surface area is 197 Å². The molecule has 176 valence electrons. The number of nitriles is 1. The highest BCUT2D eigenvalue weighted by molar-refractivity contribution is 7.95. The molecule has 0 spiro atoms. The fourth-order valence-electron chi connectivity index (χ4n) is 3.64. The van der Waals surface area contributed by atoms with Gasteiger partial charge in [-0.2, -0.15) is 5.26 Å². The number of likely N-dealkylation sites (tertiary alicyclic amines) is 1. The highest BCUT2D eigenvalue weighted by atomic mass is 35.5. The molecule has 0 aromatic heterocycles. The highest BCUT2D eigenvalue weighted by Gasteiger charge is 2.48. The van der Waals surface area contributed by atoms with Crippen molar-refractivity contribution in [3.8, 4) is 6.07 Å². The summed E-state index contributed by atoms with van der Waals surface area (Å²) in [6.45, 7) is 2.16. The van der Waals surface area contributed by atoms with Crippen LogP contribution in [0.2, 0.25) is 5.02 Å². The fraction of sp³-hybridized carbons (Fsp3) is 0.474. The number of nitrogens with zero attached hydrogens (tertiary/aromatic N) is 2. The van der Waals surface area contributed by atoms with E-state index in [-0.39, 0.29) is 46.4 Å².